The molecule has 0 saturated carbocycles. The van der Waals surface area contributed by atoms with Crippen molar-refractivity contribution in [3.63, 3.8) is 0 Å². The smallest absolute Gasteiger partial charge is 0.248 e. The highest BCUT2D eigenvalue weighted by atomic mass is 16.5. The standard InChI is InChI=1S/C17H26N2O4/c1-3-22-11-12-23-14(2)17(21)19-10-9-18-16(20)13-15-7-5-4-6-8-15/h4-8,14H,3,9-13H2,1-2H3,(H,18,20)(H,19,21)/t14-/m1/s1. The lowest BCUT2D eigenvalue weighted by Gasteiger charge is -2.13. The Morgan fingerprint density at radius 3 is 2.48 bits per heavy atom. The first-order valence-corrected chi connectivity index (χ1v) is 7.91. The average molecular weight is 322 g/mol. The lowest BCUT2D eigenvalue weighted by Crippen LogP contribution is -2.40. The monoisotopic (exact) mass is 322 g/mol. The molecule has 0 aliphatic heterocycles. The number of carbonyl (C=O) groups is 2. The van der Waals surface area contributed by atoms with Crippen LogP contribution in [0.4, 0.5) is 0 Å². The van der Waals surface area contributed by atoms with E-state index in [1.165, 1.54) is 0 Å². The fourth-order valence-corrected chi connectivity index (χ4v) is 1.88. The summed E-state index contributed by atoms with van der Waals surface area (Å²) in [5.41, 5.74) is 0.963. The molecule has 0 heterocycles. The quantitative estimate of drug-likeness (QED) is 0.594. The van der Waals surface area contributed by atoms with Crippen LogP contribution in [0.2, 0.25) is 0 Å². The van der Waals surface area contributed by atoms with Gasteiger partial charge in [0.2, 0.25) is 11.8 Å². The number of nitrogens with one attached hydrogen (secondary N) is 2. The Morgan fingerprint density at radius 2 is 1.78 bits per heavy atom. The van der Waals surface area contributed by atoms with E-state index in [2.05, 4.69) is 10.6 Å². The summed E-state index contributed by atoms with van der Waals surface area (Å²) in [7, 11) is 0. The second-order valence-electron chi connectivity index (χ2n) is 5.01. The van der Waals surface area contributed by atoms with Gasteiger partial charge in [0.25, 0.3) is 0 Å². The topological polar surface area (TPSA) is 76.7 Å². The van der Waals surface area contributed by atoms with Crippen LogP contribution in [0.25, 0.3) is 0 Å². The van der Waals surface area contributed by atoms with E-state index in [1.54, 1.807) is 6.92 Å². The maximum atomic E-state index is 11.8. The van der Waals surface area contributed by atoms with Gasteiger partial charge in [0.15, 0.2) is 0 Å². The van der Waals surface area contributed by atoms with Gasteiger partial charge in [0.1, 0.15) is 6.10 Å². The number of carbonyl (C=O) groups excluding carboxylic acids is 2. The van der Waals surface area contributed by atoms with Gasteiger partial charge in [-0.25, -0.2) is 0 Å². The van der Waals surface area contributed by atoms with Gasteiger partial charge >= 0.3 is 0 Å². The van der Waals surface area contributed by atoms with Crippen LogP contribution in [-0.2, 0) is 25.5 Å². The lowest BCUT2D eigenvalue weighted by molar-refractivity contribution is -0.132. The van der Waals surface area contributed by atoms with Gasteiger partial charge in [-0.1, -0.05) is 30.3 Å². The highest BCUT2D eigenvalue weighted by Crippen LogP contribution is 1.98. The van der Waals surface area contributed by atoms with Gasteiger partial charge in [0.05, 0.1) is 19.6 Å². The molecule has 2 N–H and O–H groups in total. The van der Waals surface area contributed by atoms with Crippen molar-refractivity contribution in [1.82, 2.24) is 10.6 Å². The first-order chi connectivity index (χ1) is 11.1. The van der Waals surface area contributed by atoms with E-state index in [-0.39, 0.29) is 11.8 Å². The van der Waals surface area contributed by atoms with Gasteiger partial charge in [0, 0.05) is 19.7 Å². The Hall–Kier alpha value is -1.92. The molecular weight excluding hydrogens is 296 g/mol. The molecule has 23 heavy (non-hydrogen) atoms. The van der Waals surface area contributed by atoms with E-state index in [9.17, 15) is 9.59 Å². The van der Waals surface area contributed by atoms with Gasteiger partial charge < -0.3 is 20.1 Å². The SMILES string of the molecule is CCOCCO[C@H](C)C(=O)NCCNC(=O)Cc1ccccc1. The molecule has 2 amide bonds. The molecule has 128 valence electrons. The summed E-state index contributed by atoms with van der Waals surface area (Å²) in [5.74, 6) is -0.259. The maximum absolute atomic E-state index is 11.8. The van der Waals surface area contributed by atoms with E-state index < -0.39 is 6.10 Å². The molecule has 0 spiro atoms. The molecule has 0 aliphatic rings. The van der Waals surface area contributed by atoms with Crippen LogP contribution in [0.3, 0.4) is 0 Å². The van der Waals surface area contributed by atoms with Crippen molar-refractivity contribution >= 4 is 11.8 Å². The van der Waals surface area contributed by atoms with Crippen molar-refractivity contribution in [2.45, 2.75) is 26.4 Å². The number of hydrogen-bond donors (Lipinski definition) is 2. The Balaban J connectivity index is 2.09. The molecular formula is C17H26N2O4. The molecule has 1 aromatic carbocycles. The summed E-state index contributed by atoms with van der Waals surface area (Å²) in [6.07, 6.45) is -0.193. The fraction of sp³-hybridized carbons (Fsp3) is 0.529. The second-order valence-corrected chi connectivity index (χ2v) is 5.01. The summed E-state index contributed by atoms with van der Waals surface area (Å²) in [5, 5.41) is 5.49. The van der Waals surface area contributed by atoms with Gasteiger partial charge in [-0.05, 0) is 19.4 Å². The molecule has 1 aromatic rings. The summed E-state index contributed by atoms with van der Waals surface area (Å²) in [6, 6.07) is 9.52. The normalized spacial score (nSPS) is 11.7. The van der Waals surface area contributed by atoms with Gasteiger partial charge in [-0.3, -0.25) is 9.59 Å². The Labute approximate surface area is 137 Å². The van der Waals surface area contributed by atoms with Crippen LogP contribution < -0.4 is 10.6 Å². The molecule has 1 atom stereocenters. The van der Waals surface area contributed by atoms with Crippen LogP contribution >= 0.6 is 0 Å². The Kier molecular flexibility index (Phi) is 9.66. The van der Waals surface area contributed by atoms with E-state index in [0.717, 1.165) is 5.56 Å². The maximum Gasteiger partial charge on any atom is 0.248 e. The van der Waals surface area contributed by atoms with Gasteiger partial charge in [-0.2, -0.15) is 0 Å². The zero-order chi connectivity index (χ0) is 16.9. The Morgan fingerprint density at radius 1 is 1.09 bits per heavy atom. The van der Waals surface area contributed by atoms with Crippen molar-refractivity contribution in [3.05, 3.63) is 35.9 Å². The van der Waals surface area contributed by atoms with Crippen LogP contribution in [-0.4, -0.2) is 50.8 Å². The van der Waals surface area contributed by atoms with Crippen molar-refractivity contribution in [2.75, 3.05) is 32.9 Å². The molecule has 0 aromatic heterocycles. The molecule has 1 rings (SSSR count). The predicted octanol–water partition coefficient (Wildman–Crippen LogP) is 0.903. The number of hydrogen-bond acceptors (Lipinski definition) is 4. The first-order valence-electron chi connectivity index (χ1n) is 7.91. The van der Waals surface area contributed by atoms with Crippen molar-refractivity contribution in [3.8, 4) is 0 Å². The molecule has 0 aliphatic carbocycles. The van der Waals surface area contributed by atoms with E-state index >= 15 is 0 Å². The molecule has 0 saturated heterocycles. The van der Waals surface area contributed by atoms with Crippen LogP contribution in [0.5, 0.6) is 0 Å². The van der Waals surface area contributed by atoms with E-state index in [0.29, 0.717) is 39.3 Å². The second kappa shape index (κ2) is 11.6. The molecule has 0 bridgehead atoms. The third-order valence-electron chi connectivity index (χ3n) is 3.12. The van der Waals surface area contributed by atoms with Gasteiger partial charge in [-0.15, -0.1) is 0 Å². The van der Waals surface area contributed by atoms with Crippen LogP contribution in [0.1, 0.15) is 19.4 Å². The fourth-order valence-electron chi connectivity index (χ4n) is 1.88. The Bertz CT molecular complexity index is 465. The predicted molar refractivity (Wildman–Crippen MR) is 88.1 cm³/mol. The van der Waals surface area contributed by atoms with E-state index in [4.69, 9.17) is 9.47 Å². The number of rotatable bonds is 11. The number of benzene rings is 1. The van der Waals surface area contributed by atoms with E-state index in [1.807, 2.05) is 37.3 Å². The average Bonchev–Trinajstić information content (AvgIpc) is 2.56. The minimum Gasteiger partial charge on any atom is -0.379 e. The third-order valence-corrected chi connectivity index (χ3v) is 3.12. The molecule has 0 unspecified atom stereocenters. The molecule has 6 nitrogen and oxygen atoms in total. The number of amides is 2. The zero-order valence-electron chi connectivity index (χ0n) is 13.8. The highest BCUT2D eigenvalue weighted by molar-refractivity contribution is 5.80. The summed E-state index contributed by atoms with van der Waals surface area (Å²) in [4.78, 5) is 23.5. The van der Waals surface area contributed by atoms with Crippen molar-refractivity contribution in [2.24, 2.45) is 0 Å². The summed E-state index contributed by atoms with van der Waals surface area (Å²) < 4.78 is 10.5. The lowest BCUT2D eigenvalue weighted by atomic mass is 10.1. The minimum atomic E-state index is -0.532. The van der Waals surface area contributed by atoms with Crippen molar-refractivity contribution in [1.29, 1.82) is 0 Å². The largest absolute Gasteiger partial charge is 0.379 e. The molecule has 0 fully saturated rings. The first kappa shape index (κ1) is 19.1. The summed E-state index contributed by atoms with van der Waals surface area (Å²) >= 11 is 0. The highest BCUT2D eigenvalue weighted by Gasteiger charge is 2.12. The van der Waals surface area contributed by atoms with Crippen LogP contribution in [0, 0.1) is 0 Å². The van der Waals surface area contributed by atoms with Crippen LogP contribution in [0.15, 0.2) is 30.3 Å². The number of ether oxygens (including phenoxy) is 2. The van der Waals surface area contributed by atoms with Crippen molar-refractivity contribution < 1.29 is 19.1 Å². The molecule has 0 radical (unpaired) electrons. The molecule has 6 heteroatoms. The third kappa shape index (κ3) is 8.95. The summed E-state index contributed by atoms with van der Waals surface area (Å²) in [6.45, 7) is 5.85. The minimum absolute atomic E-state index is 0.0635. The zero-order valence-corrected chi connectivity index (χ0v) is 13.8.